The molecule has 2 N–H and O–H groups in total. The predicted octanol–water partition coefficient (Wildman–Crippen LogP) is 6.87. The second kappa shape index (κ2) is 9.28. The Labute approximate surface area is 187 Å². The van der Waals surface area contributed by atoms with E-state index in [2.05, 4.69) is 15.6 Å². The summed E-state index contributed by atoms with van der Waals surface area (Å²) in [6, 6.07) is 11.9. The molecule has 3 aromatic rings. The first kappa shape index (κ1) is 23.1. The number of halogens is 4. The lowest BCUT2D eigenvalue weighted by atomic mass is 10.0. The van der Waals surface area contributed by atoms with E-state index < -0.39 is 17.8 Å². The number of aryl methyl sites for hydroxylation is 1. The van der Waals surface area contributed by atoms with Crippen molar-refractivity contribution in [3.63, 3.8) is 0 Å². The molecule has 9 heteroatoms. The minimum absolute atomic E-state index is 0.107. The molecule has 0 aliphatic carbocycles. The Balaban J connectivity index is 1.78. The van der Waals surface area contributed by atoms with Gasteiger partial charge in [-0.05, 0) is 31.0 Å². The SMILES string of the molecule is Cc1sc(NC(=O)[C@H](Nc2ccc(C(F)(F)F)cc2Cl)C(C)C)nc1-c1ccccc1. The van der Waals surface area contributed by atoms with Gasteiger partial charge in [0.2, 0.25) is 5.91 Å². The van der Waals surface area contributed by atoms with Gasteiger partial charge < -0.3 is 10.6 Å². The second-order valence-corrected chi connectivity index (χ2v) is 8.95. The summed E-state index contributed by atoms with van der Waals surface area (Å²) in [5.41, 5.74) is 1.15. The number of hydrogen-bond acceptors (Lipinski definition) is 4. The summed E-state index contributed by atoms with van der Waals surface area (Å²) < 4.78 is 38.6. The molecule has 1 heterocycles. The molecule has 0 aliphatic rings. The fraction of sp³-hybridized carbons (Fsp3) is 0.273. The van der Waals surface area contributed by atoms with E-state index in [4.69, 9.17) is 11.6 Å². The number of carbonyl (C=O) groups is 1. The standard InChI is InChI=1S/C22H21ClF3N3OS/c1-12(2)18(27-17-10-9-15(11-16(17)23)22(24,25)26)20(30)29-21-28-19(13(3)31-21)14-7-5-4-6-8-14/h4-12,18,27H,1-3H3,(H,28,29,30)/t18-/m1/s1. The topological polar surface area (TPSA) is 54.0 Å². The van der Waals surface area contributed by atoms with Gasteiger partial charge in [-0.25, -0.2) is 4.98 Å². The van der Waals surface area contributed by atoms with Crippen LogP contribution in [0.3, 0.4) is 0 Å². The van der Waals surface area contributed by atoms with Gasteiger partial charge in [0.1, 0.15) is 6.04 Å². The molecule has 1 aromatic heterocycles. The summed E-state index contributed by atoms with van der Waals surface area (Å²) in [5.74, 6) is -0.507. The molecule has 0 aliphatic heterocycles. The maximum atomic E-state index is 12.9. The third-order valence-corrected chi connectivity index (χ3v) is 5.83. The summed E-state index contributed by atoms with van der Waals surface area (Å²) in [4.78, 5) is 18.4. The quantitative estimate of drug-likeness (QED) is 0.416. The molecule has 0 radical (unpaired) electrons. The van der Waals surface area contributed by atoms with Gasteiger partial charge >= 0.3 is 6.18 Å². The second-order valence-electron chi connectivity index (χ2n) is 7.34. The number of benzene rings is 2. The third kappa shape index (κ3) is 5.57. The lowest BCUT2D eigenvalue weighted by molar-refractivity contribution is -0.137. The van der Waals surface area contributed by atoms with Crippen molar-refractivity contribution in [2.24, 2.45) is 5.92 Å². The van der Waals surface area contributed by atoms with Gasteiger partial charge in [-0.3, -0.25) is 4.79 Å². The normalized spacial score (nSPS) is 12.6. The highest BCUT2D eigenvalue weighted by molar-refractivity contribution is 7.16. The molecule has 31 heavy (non-hydrogen) atoms. The summed E-state index contributed by atoms with van der Waals surface area (Å²) in [7, 11) is 0. The number of thiazole rings is 1. The summed E-state index contributed by atoms with van der Waals surface area (Å²) in [5, 5.41) is 6.12. The maximum absolute atomic E-state index is 12.9. The fourth-order valence-corrected chi connectivity index (χ4v) is 4.08. The first-order valence-corrected chi connectivity index (χ1v) is 10.7. The number of amides is 1. The molecule has 0 unspecified atom stereocenters. The van der Waals surface area contributed by atoms with E-state index in [-0.39, 0.29) is 22.5 Å². The highest BCUT2D eigenvalue weighted by atomic mass is 35.5. The number of rotatable bonds is 6. The highest BCUT2D eigenvalue weighted by Gasteiger charge is 2.31. The van der Waals surface area contributed by atoms with E-state index >= 15 is 0 Å². The molecule has 0 fully saturated rings. The lowest BCUT2D eigenvalue weighted by Gasteiger charge is -2.23. The van der Waals surface area contributed by atoms with Gasteiger partial charge in [-0.2, -0.15) is 13.2 Å². The Bertz CT molecular complexity index is 1070. The van der Waals surface area contributed by atoms with Crippen molar-refractivity contribution >= 4 is 39.7 Å². The van der Waals surface area contributed by atoms with E-state index in [1.54, 1.807) is 0 Å². The molecule has 0 bridgehead atoms. The van der Waals surface area contributed by atoms with Crippen LogP contribution in [0.2, 0.25) is 5.02 Å². The van der Waals surface area contributed by atoms with Crippen molar-refractivity contribution in [2.45, 2.75) is 33.0 Å². The fourth-order valence-electron chi connectivity index (χ4n) is 3.01. The predicted molar refractivity (Wildman–Crippen MR) is 120 cm³/mol. The number of anilines is 2. The molecule has 3 rings (SSSR count). The Kier molecular flexibility index (Phi) is 6.91. The van der Waals surface area contributed by atoms with Crippen LogP contribution in [0.5, 0.6) is 0 Å². The third-order valence-electron chi connectivity index (χ3n) is 4.63. The zero-order chi connectivity index (χ0) is 22.8. The van der Waals surface area contributed by atoms with Crippen molar-refractivity contribution in [3.05, 3.63) is 64.0 Å². The molecule has 0 saturated carbocycles. The zero-order valence-corrected chi connectivity index (χ0v) is 18.6. The maximum Gasteiger partial charge on any atom is 0.416 e. The van der Waals surface area contributed by atoms with Gasteiger partial charge in [0.15, 0.2) is 5.13 Å². The van der Waals surface area contributed by atoms with Gasteiger partial charge in [-0.15, -0.1) is 11.3 Å². The van der Waals surface area contributed by atoms with Crippen LogP contribution in [0.15, 0.2) is 48.5 Å². The van der Waals surface area contributed by atoms with E-state index in [9.17, 15) is 18.0 Å². The first-order chi connectivity index (χ1) is 14.6. The Morgan fingerprint density at radius 2 is 1.81 bits per heavy atom. The summed E-state index contributed by atoms with van der Waals surface area (Å²) >= 11 is 7.40. The average molecular weight is 468 g/mol. The lowest BCUT2D eigenvalue weighted by Crippen LogP contribution is -2.39. The van der Waals surface area contributed by atoms with Crippen molar-refractivity contribution in [1.29, 1.82) is 0 Å². The molecule has 1 amide bonds. The van der Waals surface area contributed by atoms with Gasteiger partial charge in [0.05, 0.1) is 22.0 Å². The minimum Gasteiger partial charge on any atom is -0.372 e. The van der Waals surface area contributed by atoms with Gasteiger partial charge in [-0.1, -0.05) is 55.8 Å². The smallest absolute Gasteiger partial charge is 0.372 e. The van der Waals surface area contributed by atoms with Crippen molar-refractivity contribution in [3.8, 4) is 11.3 Å². The molecular formula is C22H21ClF3N3OS. The Morgan fingerprint density at radius 1 is 1.13 bits per heavy atom. The van der Waals surface area contributed by atoms with Crippen molar-refractivity contribution in [2.75, 3.05) is 10.6 Å². The van der Waals surface area contributed by atoms with E-state index in [0.717, 1.165) is 28.3 Å². The number of carbonyl (C=O) groups excluding carboxylic acids is 1. The van der Waals surface area contributed by atoms with Crippen LogP contribution < -0.4 is 10.6 Å². The van der Waals surface area contributed by atoms with Crippen LogP contribution in [0.1, 0.15) is 24.3 Å². The summed E-state index contributed by atoms with van der Waals surface area (Å²) in [6.07, 6.45) is -4.49. The van der Waals surface area contributed by atoms with Crippen LogP contribution in [-0.2, 0) is 11.0 Å². The van der Waals surface area contributed by atoms with E-state index in [0.29, 0.717) is 5.13 Å². The average Bonchev–Trinajstić information content (AvgIpc) is 3.06. The molecule has 0 saturated heterocycles. The number of alkyl halides is 3. The number of hydrogen-bond donors (Lipinski definition) is 2. The van der Waals surface area contributed by atoms with Crippen LogP contribution in [0.25, 0.3) is 11.3 Å². The van der Waals surface area contributed by atoms with Crippen molar-refractivity contribution < 1.29 is 18.0 Å². The van der Waals surface area contributed by atoms with Gasteiger partial charge in [0.25, 0.3) is 0 Å². The number of nitrogens with zero attached hydrogens (tertiary/aromatic N) is 1. The van der Waals surface area contributed by atoms with Gasteiger partial charge in [0, 0.05) is 10.4 Å². The van der Waals surface area contributed by atoms with Crippen LogP contribution >= 0.6 is 22.9 Å². The van der Waals surface area contributed by atoms with Crippen molar-refractivity contribution in [1.82, 2.24) is 4.98 Å². The number of aromatic nitrogens is 1. The highest BCUT2D eigenvalue weighted by Crippen LogP contribution is 2.35. The minimum atomic E-state index is -4.49. The Morgan fingerprint density at radius 3 is 2.39 bits per heavy atom. The van der Waals surface area contributed by atoms with Crippen LogP contribution in [0.4, 0.5) is 24.0 Å². The molecule has 1 atom stereocenters. The molecular weight excluding hydrogens is 447 g/mol. The molecule has 4 nitrogen and oxygen atoms in total. The van der Waals surface area contributed by atoms with E-state index in [1.807, 2.05) is 51.1 Å². The monoisotopic (exact) mass is 467 g/mol. The van der Waals surface area contributed by atoms with E-state index in [1.165, 1.54) is 17.4 Å². The summed E-state index contributed by atoms with van der Waals surface area (Å²) in [6.45, 7) is 5.59. The van der Waals surface area contributed by atoms with Crippen LogP contribution in [-0.4, -0.2) is 16.9 Å². The zero-order valence-electron chi connectivity index (χ0n) is 17.0. The first-order valence-electron chi connectivity index (χ1n) is 9.53. The molecule has 0 spiro atoms. The molecule has 2 aromatic carbocycles. The largest absolute Gasteiger partial charge is 0.416 e. The van der Waals surface area contributed by atoms with Crippen LogP contribution in [0, 0.1) is 12.8 Å². The molecule has 164 valence electrons. The number of nitrogens with one attached hydrogen (secondary N) is 2. The Hall–Kier alpha value is -2.58.